The lowest BCUT2D eigenvalue weighted by Gasteiger charge is -2.34. The highest BCUT2D eigenvalue weighted by Gasteiger charge is 2.53. The van der Waals surface area contributed by atoms with Crippen LogP contribution in [-0.2, 0) is 11.3 Å². The molecule has 0 aromatic heterocycles. The quantitative estimate of drug-likeness (QED) is 0.874. The van der Waals surface area contributed by atoms with Gasteiger partial charge in [0.15, 0.2) is 0 Å². The molecule has 0 radical (unpaired) electrons. The molecule has 2 fully saturated rings. The molecule has 3 atom stereocenters. The van der Waals surface area contributed by atoms with Gasteiger partial charge in [0.1, 0.15) is 11.3 Å². The number of carboxylic acids is 1. The fraction of sp³-hybridized carbons (Fsp3) is 0.562. The maximum Gasteiger partial charge on any atom is 0.324 e. The number of hydrogen-bond acceptors (Lipinski definition) is 4. The van der Waals surface area contributed by atoms with Crippen LogP contribution in [0.2, 0.25) is 0 Å². The van der Waals surface area contributed by atoms with Gasteiger partial charge in [0, 0.05) is 25.6 Å². The summed E-state index contributed by atoms with van der Waals surface area (Å²) >= 11 is 0. The van der Waals surface area contributed by atoms with Crippen LogP contribution in [0.1, 0.15) is 18.4 Å². The number of aliphatic carboxylic acids is 1. The molecule has 1 heterocycles. The molecule has 3 N–H and O–H groups in total. The average molecular weight is 290 g/mol. The van der Waals surface area contributed by atoms with Crippen LogP contribution < -0.4 is 10.5 Å². The van der Waals surface area contributed by atoms with E-state index in [2.05, 4.69) is 17.0 Å². The van der Waals surface area contributed by atoms with Gasteiger partial charge in [-0.05, 0) is 36.5 Å². The molecule has 21 heavy (non-hydrogen) atoms. The zero-order chi connectivity index (χ0) is 15.0. The lowest BCUT2D eigenvalue weighted by Crippen LogP contribution is -2.53. The highest BCUT2D eigenvalue weighted by molar-refractivity contribution is 5.79. The second kappa shape index (κ2) is 5.31. The molecular formula is C16H22N2O3. The molecule has 3 rings (SSSR count). The standard InChI is InChI=1S/C16H22N2O3/c1-21-14-4-2-11(3-5-14)8-18-9-12-6-13(10-18)16(17,7-12)15(19)20/h2-5,12-13H,6-10,17H2,1H3,(H,19,20)/t12-,13-,16-/m1/s1. The number of likely N-dealkylation sites (tertiary alicyclic amines) is 1. The highest BCUT2D eigenvalue weighted by Crippen LogP contribution is 2.43. The van der Waals surface area contributed by atoms with Gasteiger partial charge in [-0.25, -0.2) is 0 Å². The minimum atomic E-state index is -1.03. The van der Waals surface area contributed by atoms with Crippen molar-refractivity contribution in [3.63, 3.8) is 0 Å². The van der Waals surface area contributed by atoms with E-state index in [-0.39, 0.29) is 5.92 Å². The van der Waals surface area contributed by atoms with Crippen molar-refractivity contribution in [3.8, 4) is 5.75 Å². The number of nitrogens with zero attached hydrogens (tertiary/aromatic N) is 1. The number of benzene rings is 1. The Bertz CT molecular complexity index is 531. The zero-order valence-corrected chi connectivity index (χ0v) is 12.3. The van der Waals surface area contributed by atoms with Crippen molar-refractivity contribution in [2.45, 2.75) is 24.9 Å². The lowest BCUT2D eigenvalue weighted by molar-refractivity contribution is -0.144. The van der Waals surface area contributed by atoms with Crippen LogP contribution in [-0.4, -0.2) is 41.7 Å². The van der Waals surface area contributed by atoms with E-state index >= 15 is 0 Å². The minimum absolute atomic E-state index is 0.0620. The molecule has 2 aliphatic rings. The Kier molecular flexibility index (Phi) is 3.63. The van der Waals surface area contributed by atoms with Crippen molar-refractivity contribution in [3.05, 3.63) is 29.8 Å². The van der Waals surface area contributed by atoms with E-state index in [1.807, 2.05) is 12.1 Å². The smallest absolute Gasteiger partial charge is 0.324 e. The molecule has 0 unspecified atom stereocenters. The first-order valence-corrected chi connectivity index (χ1v) is 7.39. The summed E-state index contributed by atoms with van der Waals surface area (Å²) in [5, 5.41) is 9.40. The summed E-state index contributed by atoms with van der Waals surface area (Å²) in [4.78, 5) is 13.8. The van der Waals surface area contributed by atoms with E-state index in [9.17, 15) is 9.90 Å². The van der Waals surface area contributed by atoms with Gasteiger partial charge in [0.25, 0.3) is 0 Å². The van der Waals surface area contributed by atoms with Crippen LogP contribution in [0.15, 0.2) is 24.3 Å². The van der Waals surface area contributed by atoms with Crippen LogP contribution in [0.5, 0.6) is 5.75 Å². The predicted octanol–water partition coefficient (Wildman–Crippen LogP) is 1.32. The molecule has 1 saturated heterocycles. The van der Waals surface area contributed by atoms with Gasteiger partial charge in [-0.1, -0.05) is 12.1 Å². The predicted molar refractivity (Wildman–Crippen MR) is 79.0 cm³/mol. The molecule has 5 nitrogen and oxygen atoms in total. The Balaban J connectivity index is 1.68. The Labute approximate surface area is 124 Å². The van der Waals surface area contributed by atoms with Crippen molar-refractivity contribution < 1.29 is 14.6 Å². The Morgan fingerprint density at radius 2 is 2.14 bits per heavy atom. The fourth-order valence-electron chi connectivity index (χ4n) is 3.85. The number of rotatable bonds is 4. The van der Waals surface area contributed by atoms with Gasteiger partial charge in [-0.15, -0.1) is 0 Å². The van der Waals surface area contributed by atoms with Crippen LogP contribution in [0.3, 0.4) is 0 Å². The molecule has 1 aromatic carbocycles. The van der Waals surface area contributed by atoms with Crippen molar-refractivity contribution in [1.82, 2.24) is 4.90 Å². The SMILES string of the molecule is COc1ccc(CN2C[C@@H]3C[C@H](C2)[C@@](N)(C(=O)O)C3)cc1. The monoisotopic (exact) mass is 290 g/mol. The normalized spacial score (nSPS) is 32.1. The Morgan fingerprint density at radius 1 is 1.43 bits per heavy atom. The topological polar surface area (TPSA) is 75.8 Å². The summed E-state index contributed by atoms with van der Waals surface area (Å²) in [5.41, 5.74) is 6.33. The molecule has 0 amide bonds. The Morgan fingerprint density at radius 3 is 2.76 bits per heavy atom. The van der Waals surface area contributed by atoms with Gasteiger partial charge in [0.2, 0.25) is 0 Å². The van der Waals surface area contributed by atoms with Crippen LogP contribution in [0, 0.1) is 11.8 Å². The largest absolute Gasteiger partial charge is 0.497 e. The van der Waals surface area contributed by atoms with Crippen LogP contribution in [0.4, 0.5) is 0 Å². The molecule has 1 aliphatic carbocycles. The number of fused-ring (bicyclic) bond motifs is 2. The van der Waals surface area contributed by atoms with Gasteiger partial charge in [0.05, 0.1) is 7.11 Å². The van der Waals surface area contributed by atoms with Crippen LogP contribution in [0.25, 0.3) is 0 Å². The molecule has 114 valence electrons. The molecule has 0 spiro atoms. The Hall–Kier alpha value is -1.59. The number of hydrogen-bond donors (Lipinski definition) is 2. The number of carboxylic acid groups (broad SMARTS) is 1. The third-order valence-corrected chi connectivity index (χ3v) is 4.93. The summed E-state index contributed by atoms with van der Waals surface area (Å²) in [6.07, 6.45) is 1.55. The van der Waals surface area contributed by atoms with Gasteiger partial charge >= 0.3 is 5.97 Å². The molecule has 2 bridgehead atoms. The van der Waals surface area contributed by atoms with Crippen LogP contribution >= 0.6 is 0 Å². The number of piperidine rings is 1. The van der Waals surface area contributed by atoms with Gasteiger partial charge in [-0.2, -0.15) is 0 Å². The van der Waals surface area contributed by atoms with Gasteiger partial charge in [-0.3, -0.25) is 9.69 Å². The number of nitrogens with two attached hydrogens (primary N) is 1. The van der Waals surface area contributed by atoms with E-state index in [4.69, 9.17) is 10.5 Å². The molecule has 1 saturated carbocycles. The molecule has 1 aromatic rings. The molecule has 5 heteroatoms. The zero-order valence-electron chi connectivity index (χ0n) is 12.3. The first kappa shape index (κ1) is 14.4. The lowest BCUT2D eigenvalue weighted by atomic mass is 9.87. The van der Waals surface area contributed by atoms with E-state index in [0.717, 1.165) is 31.8 Å². The average Bonchev–Trinajstić information content (AvgIpc) is 2.70. The maximum atomic E-state index is 11.4. The third kappa shape index (κ3) is 2.63. The van der Waals surface area contributed by atoms with Crippen molar-refractivity contribution in [2.24, 2.45) is 17.6 Å². The third-order valence-electron chi connectivity index (χ3n) is 4.93. The summed E-state index contributed by atoms with van der Waals surface area (Å²) in [6, 6.07) is 8.03. The number of ether oxygens (including phenoxy) is 1. The first-order chi connectivity index (χ1) is 10.0. The summed E-state index contributed by atoms with van der Waals surface area (Å²) in [5.74, 6) is 0.473. The minimum Gasteiger partial charge on any atom is -0.497 e. The summed E-state index contributed by atoms with van der Waals surface area (Å²) in [6.45, 7) is 2.55. The van der Waals surface area contributed by atoms with E-state index in [0.29, 0.717) is 12.3 Å². The van der Waals surface area contributed by atoms with Crippen molar-refractivity contribution >= 4 is 5.97 Å². The number of methoxy groups -OCH3 is 1. The fourth-order valence-corrected chi connectivity index (χ4v) is 3.85. The van der Waals surface area contributed by atoms with Gasteiger partial charge < -0.3 is 15.6 Å². The van der Waals surface area contributed by atoms with E-state index in [1.54, 1.807) is 7.11 Å². The first-order valence-electron chi connectivity index (χ1n) is 7.39. The molecular weight excluding hydrogens is 268 g/mol. The van der Waals surface area contributed by atoms with E-state index < -0.39 is 11.5 Å². The second-order valence-corrected chi connectivity index (χ2v) is 6.39. The molecule has 1 aliphatic heterocycles. The van der Waals surface area contributed by atoms with Crippen molar-refractivity contribution in [1.29, 1.82) is 0 Å². The second-order valence-electron chi connectivity index (χ2n) is 6.39. The number of carbonyl (C=O) groups is 1. The van der Waals surface area contributed by atoms with E-state index in [1.165, 1.54) is 5.56 Å². The summed E-state index contributed by atoms with van der Waals surface area (Å²) < 4.78 is 5.16. The highest BCUT2D eigenvalue weighted by atomic mass is 16.5. The van der Waals surface area contributed by atoms with Crippen molar-refractivity contribution in [2.75, 3.05) is 20.2 Å². The summed E-state index contributed by atoms with van der Waals surface area (Å²) in [7, 11) is 1.66. The maximum absolute atomic E-state index is 11.4.